The Bertz CT molecular complexity index is 1390. The first kappa shape index (κ1) is 20.8. The van der Waals surface area contributed by atoms with Crippen molar-refractivity contribution in [1.29, 1.82) is 0 Å². The van der Waals surface area contributed by atoms with E-state index in [9.17, 15) is 4.79 Å². The zero-order valence-corrected chi connectivity index (χ0v) is 19.7. The van der Waals surface area contributed by atoms with Gasteiger partial charge in [0.15, 0.2) is 17.0 Å². The Morgan fingerprint density at radius 2 is 1.97 bits per heavy atom. The second kappa shape index (κ2) is 7.93. The van der Waals surface area contributed by atoms with E-state index >= 15 is 0 Å². The van der Waals surface area contributed by atoms with E-state index in [0.29, 0.717) is 36.0 Å². The van der Waals surface area contributed by atoms with Crippen LogP contribution in [0.4, 0.5) is 5.82 Å². The number of para-hydroxylation sites is 1. The van der Waals surface area contributed by atoms with Gasteiger partial charge in [0, 0.05) is 38.7 Å². The number of fused-ring (bicyclic) bond motifs is 2. The van der Waals surface area contributed by atoms with Crippen LogP contribution in [0, 0.1) is 19.8 Å². The number of imidazole rings is 1. The number of amides is 1. The zero-order chi connectivity index (χ0) is 23.4. The average molecular weight is 457 g/mol. The molecule has 0 spiro atoms. The van der Waals surface area contributed by atoms with E-state index in [-0.39, 0.29) is 5.91 Å². The van der Waals surface area contributed by atoms with Crippen LogP contribution < -0.4 is 10.2 Å². The van der Waals surface area contributed by atoms with Crippen molar-refractivity contribution in [3.05, 3.63) is 58.9 Å². The summed E-state index contributed by atoms with van der Waals surface area (Å²) in [6.45, 7) is 6.44. The van der Waals surface area contributed by atoms with Crippen molar-refractivity contribution in [2.24, 2.45) is 13.0 Å². The summed E-state index contributed by atoms with van der Waals surface area (Å²) in [4.78, 5) is 28.6. The van der Waals surface area contributed by atoms with Crippen LogP contribution in [0.5, 0.6) is 0 Å². The standard InChI is InChI=1S/C25H28N8O/c1-15-5-4-6-16(2)21(15)33-19-9-10-32(13-18(19)12-29-33)23-20-22(27-14-28-23)31(3)24(30-20)25(34)26-11-17-7-8-17/h4-6,12,14,17H,7-11,13H2,1-3H3,(H,26,34). The van der Waals surface area contributed by atoms with Gasteiger partial charge in [-0.2, -0.15) is 5.10 Å². The first-order chi connectivity index (χ1) is 16.5. The summed E-state index contributed by atoms with van der Waals surface area (Å²) < 4.78 is 3.85. The number of carbonyl (C=O) groups excluding carboxylic acids is 1. The number of aryl methyl sites for hydroxylation is 3. The Morgan fingerprint density at radius 1 is 1.18 bits per heavy atom. The smallest absolute Gasteiger partial charge is 0.287 e. The number of hydrogen-bond donors (Lipinski definition) is 1. The molecule has 0 radical (unpaired) electrons. The number of nitrogens with zero attached hydrogens (tertiary/aromatic N) is 7. The molecule has 1 amide bonds. The minimum absolute atomic E-state index is 0.158. The summed E-state index contributed by atoms with van der Waals surface area (Å²) in [6.07, 6.45) is 6.74. The molecule has 9 nitrogen and oxygen atoms in total. The number of nitrogens with one attached hydrogen (secondary N) is 1. The molecule has 4 heterocycles. The maximum atomic E-state index is 12.7. The number of aromatic nitrogens is 6. The predicted octanol–water partition coefficient (Wildman–Crippen LogP) is 2.87. The second-order valence-electron chi connectivity index (χ2n) is 9.46. The van der Waals surface area contributed by atoms with Gasteiger partial charge in [-0.05, 0) is 43.7 Å². The Morgan fingerprint density at radius 3 is 2.74 bits per heavy atom. The highest BCUT2D eigenvalue weighted by Crippen LogP contribution is 2.31. The molecule has 9 heteroatoms. The lowest BCUT2D eigenvalue weighted by molar-refractivity contribution is 0.0939. The largest absolute Gasteiger partial charge is 0.350 e. The fourth-order valence-electron chi connectivity index (χ4n) is 4.90. The molecule has 1 aromatic carbocycles. The van der Waals surface area contributed by atoms with Gasteiger partial charge in [0.1, 0.15) is 6.33 Å². The lowest BCUT2D eigenvalue weighted by Gasteiger charge is -2.28. The number of rotatable bonds is 5. The number of hydrogen-bond acceptors (Lipinski definition) is 6. The molecule has 1 saturated carbocycles. The molecule has 1 aliphatic carbocycles. The molecule has 1 fully saturated rings. The third-order valence-electron chi connectivity index (χ3n) is 6.97. The van der Waals surface area contributed by atoms with Crippen molar-refractivity contribution in [2.45, 2.75) is 39.7 Å². The summed E-state index contributed by atoms with van der Waals surface area (Å²) in [5, 5.41) is 7.75. The van der Waals surface area contributed by atoms with Crippen molar-refractivity contribution >= 4 is 22.9 Å². The molecule has 0 atom stereocenters. The van der Waals surface area contributed by atoms with E-state index in [2.05, 4.69) is 61.9 Å². The van der Waals surface area contributed by atoms with E-state index in [4.69, 9.17) is 5.10 Å². The van der Waals surface area contributed by atoms with Crippen molar-refractivity contribution in [3.8, 4) is 5.69 Å². The third kappa shape index (κ3) is 3.43. The van der Waals surface area contributed by atoms with Crippen LogP contribution in [0.3, 0.4) is 0 Å². The van der Waals surface area contributed by atoms with Gasteiger partial charge in [-0.3, -0.25) is 4.79 Å². The highest BCUT2D eigenvalue weighted by atomic mass is 16.2. The molecule has 3 aromatic heterocycles. The maximum Gasteiger partial charge on any atom is 0.287 e. The molecule has 1 N–H and O–H groups in total. The Balaban J connectivity index is 1.31. The third-order valence-corrected chi connectivity index (χ3v) is 6.97. The van der Waals surface area contributed by atoms with Crippen LogP contribution in [0.2, 0.25) is 0 Å². The Kier molecular flexibility index (Phi) is 4.86. The monoisotopic (exact) mass is 456 g/mol. The van der Waals surface area contributed by atoms with Gasteiger partial charge in [-0.1, -0.05) is 18.2 Å². The quantitative estimate of drug-likeness (QED) is 0.496. The van der Waals surface area contributed by atoms with Crippen molar-refractivity contribution < 1.29 is 4.79 Å². The van der Waals surface area contributed by atoms with Gasteiger partial charge in [-0.25, -0.2) is 19.6 Å². The van der Waals surface area contributed by atoms with Gasteiger partial charge in [0.2, 0.25) is 5.82 Å². The summed E-state index contributed by atoms with van der Waals surface area (Å²) in [5.41, 5.74) is 7.33. The molecule has 0 saturated heterocycles. The maximum absolute atomic E-state index is 12.7. The summed E-state index contributed by atoms with van der Waals surface area (Å²) in [6, 6.07) is 6.34. The van der Waals surface area contributed by atoms with Crippen LogP contribution in [-0.2, 0) is 20.0 Å². The van der Waals surface area contributed by atoms with E-state index in [0.717, 1.165) is 24.5 Å². The highest BCUT2D eigenvalue weighted by molar-refractivity contribution is 5.96. The first-order valence-corrected chi connectivity index (χ1v) is 11.8. The molecule has 174 valence electrons. The Labute approximate surface area is 197 Å². The number of benzene rings is 1. The van der Waals surface area contributed by atoms with E-state index in [1.54, 1.807) is 10.9 Å². The fourth-order valence-corrected chi connectivity index (χ4v) is 4.90. The highest BCUT2D eigenvalue weighted by Gasteiger charge is 2.28. The van der Waals surface area contributed by atoms with E-state index in [1.165, 1.54) is 35.2 Å². The molecular formula is C25H28N8O. The predicted molar refractivity (Wildman–Crippen MR) is 129 cm³/mol. The minimum Gasteiger partial charge on any atom is -0.350 e. The van der Waals surface area contributed by atoms with Gasteiger partial charge >= 0.3 is 0 Å². The summed E-state index contributed by atoms with van der Waals surface area (Å²) >= 11 is 0. The SMILES string of the molecule is Cc1cccc(C)c1-n1ncc2c1CCN(c1ncnc3c1nc(C(=O)NCC1CC1)n3C)C2. The van der Waals surface area contributed by atoms with Crippen LogP contribution in [0.25, 0.3) is 16.9 Å². The van der Waals surface area contributed by atoms with Gasteiger partial charge in [-0.15, -0.1) is 0 Å². The molecule has 1 aliphatic heterocycles. The van der Waals surface area contributed by atoms with Crippen molar-refractivity contribution in [3.63, 3.8) is 0 Å². The lowest BCUT2D eigenvalue weighted by Crippen LogP contribution is -2.32. The fraction of sp³-hybridized carbons (Fsp3) is 0.400. The molecule has 34 heavy (non-hydrogen) atoms. The molecule has 2 aliphatic rings. The average Bonchev–Trinajstić information content (AvgIpc) is 3.49. The normalized spacial score (nSPS) is 15.6. The molecule has 0 unspecified atom stereocenters. The van der Waals surface area contributed by atoms with E-state index in [1.807, 2.05) is 13.2 Å². The van der Waals surface area contributed by atoms with Gasteiger partial charge < -0.3 is 14.8 Å². The lowest BCUT2D eigenvalue weighted by atomic mass is 10.1. The molecule has 0 bridgehead atoms. The van der Waals surface area contributed by atoms with Crippen molar-refractivity contribution in [2.75, 3.05) is 18.0 Å². The van der Waals surface area contributed by atoms with E-state index < -0.39 is 0 Å². The van der Waals surface area contributed by atoms with Crippen LogP contribution in [0.1, 0.15) is 45.8 Å². The van der Waals surface area contributed by atoms with Gasteiger partial charge in [0.25, 0.3) is 5.91 Å². The number of anilines is 1. The molecule has 4 aromatic rings. The van der Waals surface area contributed by atoms with Crippen molar-refractivity contribution in [1.82, 2.24) is 34.6 Å². The van der Waals surface area contributed by atoms with Gasteiger partial charge in [0.05, 0.1) is 17.6 Å². The summed E-state index contributed by atoms with van der Waals surface area (Å²) in [7, 11) is 1.83. The molecular weight excluding hydrogens is 428 g/mol. The zero-order valence-electron chi connectivity index (χ0n) is 19.7. The van der Waals surface area contributed by atoms with Crippen LogP contribution >= 0.6 is 0 Å². The summed E-state index contributed by atoms with van der Waals surface area (Å²) in [5.74, 6) is 1.58. The van der Waals surface area contributed by atoms with Crippen LogP contribution in [0.15, 0.2) is 30.7 Å². The topological polar surface area (TPSA) is 93.8 Å². The first-order valence-electron chi connectivity index (χ1n) is 11.8. The number of carbonyl (C=O) groups is 1. The van der Waals surface area contributed by atoms with Crippen LogP contribution in [-0.4, -0.2) is 48.3 Å². The Hall–Kier alpha value is -3.75. The minimum atomic E-state index is -0.158. The molecule has 6 rings (SSSR count). The second-order valence-corrected chi connectivity index (χ2v) is 9.46.